The van der Waals surface area contributed by atoms with E-state index >= 15 is 0 Å². The lowest BCUT2D eigenvalue weighted by Crippen LogP contribution is -2.03. The lowest BCUT2D eigenvalue weighted by atomic mass is 10.1. The molecule has 4 nitrogen and oxygen atoms in total. The Morgan fingerprint density at radius 2 is 2.28 bits per heavy atom. The number of carbonyl (C=O) groups excluding carboxylic acids is 1. The van der Waals surface area contributed by atoms with Crippen molar-refractivity contribution in [2.45, 2.75) is 18.4 Å². The highest BCUT2D eigenvalue weighted by Crippen LogP contribution is 2.49. The number of halogens is 1. The number of aromatic nitrogens is 2. The molecule has 2 aromatic rings. The van der Waals surface area contributed by atoms with Crippen LogP contribution in [0, 0.1) is 0 Å². The predicted octanol–water partition coefficient (Wildman–Crippen LogP) is 2.96. The van der Waals surface area contributed by atoms with Crippen LogP contribution in [0.4, 0.5) is 0 Å². The topological polar surface area (TPSA) is 47.2 Å². The summed E-state index contributed by atoms with van der Waals surface area (Å²) in [7, 11) is 0. The number of rotatable bonds is 3. The molecule has 1 aliphatic rings. The first-order valence-electron chi connectivity index (χ1n) is 5.63. The Kier molecular flexibility index (Phi) is 2.65. The van der Waals surface area contributed by atoms with Crippen LogP contribution in [0.3, 0.4) is 0 Å². The first-order valence-corrected chi connectivity index (χ1v) is 6.42. The molecule has 90 valence electrons. The fourth-order valence-corrected chi connectivity index (χ4v) is 2.66. The Morgan fingerprint density at radius 1 is 1.44 bits per heavy atom. The first-order chi connectivity index (χ1) is 8.75. The molecule has 1 fully saturated rings. The number of nitrogens with zero attached hydrogens (tertiary/aromatic N) is 3. The highest BCUT2D eigenvalue weighted by Gasteiger charge is 2.44. The normalized spacial score (nSPS) is 16.1. The summed E-state index contributed by atoms with van der Waals surface area (Å²) in [5, 5.41) is 0. The van der Waals surface area contributed by atoms with Crippen molar-refractivity contribution in [1.29, 1.82) is 0 Å². The molecule has 1 heterocycles. The third-order valence-corrected chi connectivity index (χ3v) is 3.89. The molecule has 0 amide bonds. The Labute approximate surface area is 113 Å². The van der Waals surface area contributed by atoms with Crippen LogP contribution in [0.2, 0.25) is 0 Å². The molecule has 0 N–H and O–H groups in total. The average Bonchev–Trinajstić information content (AvgIpc) is 2.95. The minimum atomic E-state index is -0.322. The molecule has 18 heavy (non-hydrogen) atoms. The summed E-state index contributed by atoms with van der Waals surface area (Å²) in [6.07, 6.45) is 8.87. The molecule has 1 aromatic carbocycles. The van der Waals surface area contributed by atoms with Gasteiger partial charge in [0, 0.05) is 16.9 Å². The monoisotopic (exact) mass is 303 g/mol. The van der Waals surface area contributed by atoms with Crippen molar-refractivity contribution in [1.82, 2.24) is 9.55 Å². The summed E-state index contributed by atoms with van der Waals surface area (Å²) >= 11 is 3.55. The van der Waals surface area contributed by atoms with E-state index in [0.29, 0.717) is 0 Å². The molecule has 5 heteroatoms. The quantitative estimate of drug-likeness (QED) is 0.646. The van der Waals surface area contributed by atoms with E-state index in [9.17, 15) is 4.79 Å². The van der Waals surface area contributed by atoms with Crippen LogP contribution in [0.15, 0.2) is 46.4 Å². The van der Waals surface area contributed by atoms with Crippen molar-refractivity contribution in [2.75, 3.05) is 0 Å². The summed E-state index contributed by atoms with van der Waals surface area (Å²) in [5.41, 5.74) is 1.75. The first kappa shape index (κ1) is 11.4. The van der Waals surface area contributed by atoms with Gasteiger partial charge in [-0.1, -0.05) is 6.07 Å². The van der Waals surface area contributed by atoms with E-state index in [4.69, 9.17) is 0 Å². The zero-order valence-electron chi connectivity index (χ0n) is 9.51. The third-order valence-electron chi connectivity index (χ3n) is 3.25. The van der Waals surface area contributed by atoms with Crippen LogP contribution in [-0.2, 0) is 10.3 Å². The van der Waals surface area contributed by atoms with Gasteiger partial charge in [-0.25, -0.2) is 9.78 Å². The van der Waals surface area contributed by atoms with Crippen LogP contribution in [-0.4, -0.2) is 15.6 Å². The lowest BCUT2D eigenvalue weighted by molar-refractivity contribution is 0.556. The molecule has 0 atom stereocenters. The van der Waals surface area contributed by atoms with Gasteiger partial charge in [-0.3, -0.25) is 0 Å². The van der Waals surface area contributed by atoms with Crippen molar-refractivity contribution in [3.8, 4) is 5.69 Å². The molecular weight excluding hydrogens is 294 g/mol. The van der Waals surface area contributed by atoms with Crippen LogP contribution in [0.5, 0.6) is 0 Å². The zero-order chi connectivity index (χ0) is 12.6. The Balaban J connectivity index is 2.02. The van der Waals surface area contributed by atoms with Crippen LogP contribution >= 0.6 is 15.9 Å². The molecule has 3 rings (SSSR count). The Hall–Kier alpha value is -1.71. The number of hydrogen-bond acceptors (Lipinski definition) is 3. The smallest absolute Gasteiger partial charge is 0.235 e. The lowest BCUT2D eigenvalue weighted by Gasteiger charge is -2.11. The van der Waals surface area contributed by atoms with Crippen LogP contribution in [0.25, 0.3) is 5.69 Å². The van der Waals surface area contributed by atoms with Gasteiger partial charge in [0.05, 0.1) is 17.6 Å². The fourth-order valence-electron chi connectivity index (χ4n) is 2.08. The van der Waals surface area contributed by atoms with Crippen molar-refractivity contribution in [2.24, 2.45) is 4.99 Å². The largest absolute Gasteiger partial charge is 0.305 e. The minimum Gasteiger partial charge on any atom is -0.305 e. The number of benzene rings is 1. The predicted molar refractivity (Wildman–Crippen MR) is 70.3 cm³/mol. The summed E-state index contributed by atoms with van der Waals surface area (Å²) in [4.78, 5) is 18.4. The second-order valence-corrected chi connectivity index (χ2v) is 5.23. The molecule has 1 aromatic heterocycles. The van der Waals surface area contributed by atoms with Gasteiger partial charge < -0.3 is 4.57 Å². The van der Waals surface area contributed by atoms with E-state index in [-0.39, 0.29) is 5.54 Å². The molecule has 0 aliphatic heterocycles. The van der Waals surface area contributed by atoms with Crippen LogP contribution < -0.4 is 0 Å². The maximum Gasteiger partial charge on any atom is 0.235 e. The Bertz CT molecular complexity index is 626. The van der Waals surface area contributed by atoms with Gasteiger partial charge in [0.15, 0.2) is 0 Å². The average molecular weight is 304 g/mol. The van der Waals surface area contributed by atoms with Crippen molar-refractivity contribution < 1.29 is 4.79 Å². The maximum absolute atomic E-state index is 10.5. The Morgan fingerprint density at radius 3 is 2.83 bits per heavy atom. The molecule has 1 aliphatic carbocycles. The van der Waals surface area contributed by atoms with E-state index in [1.54, 1.807) is 18.6 Å². The van der Waals surface area contributed by atoms with Gasteiger partial charge in [-0.05, 0) is 46.5 Å². The SMILES string of the molecule is O=C=NC1(c2ccc(-n3ccnc3)c(Br)c2)CC1. The highest BCUT2D eigenvalue weighted by molar-refractivity contribution is 9.10. The summed E-state index contributed by atoms with van der Waals surface area (Å²) in [5.74, 6) is 0. The fraction of sp³-hybridized carbons (Fsp3) is 0.231. The summed E-state index contributed by atoms with van der Waals surface area (Å²) < 4.78 is 2.89. The number of imidazole rings is 1. The van der Waals surface area contributed by atoms with Gasteiger partial charge in [0.2, 0.25) is 6.08 Å². The van der Waals surface area contributed by atoms with Gasteiger partial charge in [0.25, 0.3) is 0 Å². The van der Waals surface area contributed by atoms with Crippen LogP contribution in [0.1, 0.15) is 18.4 Å². The zero-order valence-corrected chi connectivity index (χ0v) is 11.1. The van der Waals surface area contributed by atoms with E-state index in [0.717, 1.165) is 28.6 Å². The number of hydrogen-bond donors (Lipinski definition) is 0. The van der Waals surface area contributed by atoms with E-state index in [1.165, 1.54) is 0 Å². The van der Waals surface area contributed by atoms with E-state index in [2.05, 4.69) is 25.9 Å². The second-order valence-electron chi connectivity index (χ2n) is 4.37. The standard InChI is InChI=1S/C13H10BrN3O/c14-11-7-10(13(3-4-13)16-9-18)1-2-12(11)17-6-5-15-8-17/h1-2,5-8H,3-4H2. The van der Waals surface area contributed by atoms with Gasteiger partial charge in [-0.15, -0.1) is 0 Å². The van der Waals surface area contributed by atoms with Gasteiger partial charge in [-0.2, -0.15) is 4.99 Å². The third kappa shape index (κ3) is 1.82. The van der Waals surface area contributed by atoms with Crippen molar-refractivity contribution in [3.05, 3.63) is 47.0 Å². The molecule has 0 bridgehead atoms. The van der Waals surface area contributed by atoms with Crippen molar-refractivity contribution in [3.63, 3.8) is 0 Å². The maximum atomic E-state index is 10.5. The van der Waals surface area contributed by atoms with Crippen molar-refractivity contribution >= 4 is 22.0 Å². The van der Waals surface area contributed by atoms with Gasteiger partial charge in [0.1, 0.15) is 0 Å². The second kappa shape index (κ2) is 4.19. The summed E-state index contributed by atoms with van der Waals surface area (Å²) in [6, 6.07) is 6.03. The molecule has 0 unspecified atom stereocenters. The highest BCUT2D eigenvalue weighted by atomic mass is 79.9. The van der Waals surface area contributed by atoms with E-state index < -0.39 is 0 Å². The number of isocyanates is 1. The van der Waals surface area contributed by atoms with E-state index in [1.807, 2.05) is 29.0 Å². The molecule has 0 spiro atoms. The molecule has 1 saturated carbocycles. The molecule has 0 radical (unpaired) electrons. The molecular formula is C13H10BrN3O. The van der Waals surface area contributed by atoms with Gasteiger partial charge >= 0.3 is 0 Å². The summed E-state index contributed by atoms with van der Waals surface area (Å²) in [6.45, 7) is 0. The minimum absolute atomic E-state index is 0.322. The molecule has 0 saturated heterocycles. The number of aliphatic imine (C=N–C) groups is 1.